The van der Waals surface area contributed by atoms with Crippen LogP contribution in [0.15, 0.2) is 91.0 Å². The summed E-state index contributed by atoms with van der Waals surface area (Å²) in [6, 6.07) is 32.8. The minimum atomic E-state index is 0.505. The summed E-state index contributed by atoms with van der Waals surface area (Å²) in [6.07, 6.45) is 0. The van der Waals surface area contributed by atoms with Gasteiger partial charge in [-0.15, -0.1) is 0 Å². The standard InChI is InChI=1S/C29H29N/c1-20(2)25-13-16-27(28(19-25)23-8-6-5-7-9-23)24-11-14-26(15-12-24)30-29-17-10-21(3)18-22(29)4/h5-20,30H,1-4H3. The zero-order valence-corrected chi connectivity index (χ0v) is 18.2. The first-order valence-corrected chi connectivity index (χ1v) is 10.7. The third-order valence-corrected chi connectivity index (χ3v) is 5.65. The molecule has 0 aliphatic heterocycles. The van der Waals surface area contributed by atoms with E-state index in [0.717, 1.165) is 11.4 Å². The van der Waals surface area contributed by atoms with Gasteiger partial charge in [0.25, 0.3) is 0 Å². The minimum absolute atomic E-state index is 0.505. The predicted octanol–water partition coefficient (Wildman–Crippen LogP) is 8.50. The first-order valence-electron chi connectivity index (χ1n) is 10.7. The van der Waals surface area contributed by atoms with Crippen LogP contribution in [0.2, 0.25) is 0 Å². The summed E-state index contributed by atoms with van der Waals surface area (Å²) in [5.41, 5.74) is 11.2. The van der Waals surface area contributed by atoms with Crippen LogP contribution in [0.3, 0.4) is 0 Å². The van der Waals surface area contributed by atoms with E-state index in [1.54, 1.807) is 0 Å². The van der Waals surface area contributed by atoms with E-state index in [1.165, 1.54) is 38.9 Å². The zero-order valence-electron chi connectivity index (χ0n) is 18.2. The van der Waals surface area contributed by atoms with Gasteiger partial charge in [-0.1, -0.05) is 92.2 Å². The molecule has 0 unspecified atom stereocenters. The molecule has 150 valence electrons. The number of nitrogens with one attached hydrogen (secondary N) is 1. The number of hydrogen-bond donors (Lipinski definition) is 1. The van der Waals surface area contributed by atoms with Crippen molar-refractivity contribution in [3.05, 3.63) is 108 Å². The van der Waals surface area contributed by atoms with E-state index in [0.29, 0.717) is 5.92 Å². The first-order chi connectivity index (χ1) is 14.5. The van der Waals surface area contributed by atoms with Crippen molar-refractivity contribution in [1.29, 1.82) is 0 Å². The maximum absolute atomic E-state index is 3.55. The maximum atomic E-state index is 3.55. The van der Waals surface area contributed by atoms with Crippen LogP contribution in [0.25, 0.3) is 22.3 Å². The van der Waals surface area contributed by atoms with Gasteiger partial charge in [-0.05, 0) is 71.3 Å². The quantitative estimate of drug-likeness (QED) is 0.359. The van der Waals surface area contributed by atoms with E-state index < -0.39 is 0 Å². The summed E-state index contributed by atoms with van der Waals surface area (Å²) in [6.45, 7) is 8.77. The van der Waals surface area contributed by atoms with Crippen molar-refractivity contribution in [2.24, 2.45) is 0 Å². The Hall–Kier alpha value is -3.32. The van der Waals surface area contributed by atoms with Gasteiger partial charge in [-0.2, -0.15) is 0 Å². The van der Waals surface area contributed by atoms with Gasteiger partial charge in [0.05, 0.1) is 0 Å². The van der Waals surface area contributed by atoms with Crippen molar-refractivity contribution in [3.63, 3.8) is 0 Å². The SMILES string of the molecule is Cc1ccc(Nc2ccc(-c3ccc(C(C)C)cc3-c3ccccc3)cc2)c(C)c1. The second-order valence-electron chi connectivity index (χ2n) is 8.35. The van der Waals surface area contributed by atoms with E-state index in [2.05, 4.69) is 124 Å². The Bertz CT molecular complexity index is 1140. The summed E-state index contributed by atoms with van der Waals surface area (Å²) in [7, 11) is 0. The molecule has 1 N–H and O–H groups in total. The summed E-state index contributed by atoms with van der Waals surface area (Å²) < 4.78 is 0. The summed E-state index contributed by atoms with van der Waals surface area (Å²) >= 11 is 0. The Morgan fingerprint density at radius 2 is 1.33 bits per heavy atom. The zero-order chi connectivity index (χ0) is 21.1. The summed E-state index contributed by atoms with van der Waals surface area (Å²) in [5, 5.41) is 3.55. The fraction of sp³-hybridized carbons (Fsp3) is 0.172. The van der Waals surface area contributed by atoms with Crippen molar-refractivity contribution in [2.75, 3.05) is 5.32 Å². The monoisotopic (exact) mass is 391 g/mol. The van der Waals surface area contributed by atoms with E-state index in [-0.39, 0.29) is 0 Å². The van der Waals surface area contributed by atoms with Crippen LogP contribution in [-0.4, -0.2) is 0 Å². The lowest BCUT2D eigenvalue weighted by molar-refractivity contribution is 0.867. The van der Waals surface area contributed by atoms with Crippen LogP contribution in [0.4, 0.5) is 11.4 Å². The van der Waals surface area contributed by atoms with Crippen LogP contribution in [-0.2, 0) is 0 Å². The molecule has 0 heterocycles. The average molecular weight is 392 g/mol. The van der Waals surface area contributed by atoms with Crippen molar-refractivity contribution < 1.29 is 0 Å². The van der Waals surface area contributed by atoms with E-state index in [9.17, 15) is 0 Å². The van der Waals surface area contributed by atoms with Gasteiger partial charge in [-0.3, -0.25) is 0 Å². The van der Waals surface area contributed by atoms with E-state index >= 15 is 0 Å². The van der Waals surface area contributed by atoms with Crippen molar-refractivity contribution in [3.8, 4) is 22.3 Å². The Morgan fingerprint density at radius 3 is 2.00 bits per heavy atom. The molecule has 0 atom stereocenters. The fourth-order valence-corrected chi connectivity index (χ4v) is 3.87. The molecule has 0 saturated heterocycles. The highest BCUT2D eigenvalue weighted by molar-refractivity contribution is 5.84. The highest BCUT2D eigenvalue weighted by atomic mass is 14.9. The van der Waals surface area contributed by atoms with Crippen LogP contribution >= 0.6 is 0 Å². The van der Waals surface area contributed by atoms with Gasteiger partial charge in [0, 0.05) is 11.4 Å². The molecular formula is C29H29N. The Morgan fingerprint density at radius 1 is 0.633 bits per heavy atom. The van der Waals surface area contributed by atoms with Gasteiger partial charge in [0.2, 0.25) is 0 Å². The molecule has 4 rings (SSSR count). The molecule has 0 aliphatic rings. The molecule has 30 heavy (non-hydrogen) atoms. The molecule has 0 aliphatic carbocycles. The minimum Gasteiger partial charge on any atom is -0.355 e. The molecule has 4 aromatic rings. The van der Waals surface area contributed by atoms with Crippen molar-refractivity contribution >= 4 is 11.4 Å². The third-order valence-electron chi connectivity index (χ3n) is 5.65. The molecule has 1 heteroatoms. The first kappa shape index (κ1) is 20.0. The van der Waals surface area contributed by atoms with Crippen LogP contribution in [0.1, 0.15) is 36.5 Å². The average Bonchev–Trinajstić information content (AvgIpc) is 2.76. The van der Waals surface area contributed by atoms with E-state index in [1.807, 2.05) is 0 Å². The van der Waals surface area contributed by atoms with Crippen LogP contribution in [0.5, 0.6) is 0 Å². The second-order valence-corrected chi connectivity index (χ2v) is 8.35. The number of anilines is 2. The number of hydrogen-bond acceptors (Lipinski definition) is 1. The lowest BCUT2D eigenvalue weighted by Crippen LogP contribution is -1.94. The molecule has 1 nitrogen and oxygen atoms in total. The molecule has 0 radical (unpaired) electrons. The summed E-state index contributed by atoms with van der Waals surface area (Å²) in [4.78, 5) is 0. The number of benzene rings is 4. The van der Waals surface area contributed by atoms with Crippen LogP contribution in [0, 0.1) is 13.8 Å². The second kappa shape index (κ2) is 8.59. The molecular weight excluding hydrogens is 362 g/mol. The highest BCUT2D eigenvalue weighted by Gasteiger charge is 2.10. The number of aryl methyl sites for hydroxylation is 2. The van der Waals surface area contributed by atoms with Gasteiger partial charge in [0.15, 0.2) is 0 Å². The lowest BCUT2D eigenvalue weighted by atomic mass is 9.90. The van der Waals surface area contributed by atoms with Crippen molar-refractivity contribution in [1.82, 2.24) is 0 Å². The predicted molar refractivity (Wildman–Crippen MR) is 131 cm³/mol. The molecule has 0 saturated carbocycles. The number of rotatable bonds is 5. The fourth-order valence-electron chi connectivity index (χ4n) is 3.87. The van der Waals surface area contributed by atoms with Gasteiger partial charge in [-0.25, -0.2) is 0 Å². The molecule has 0 fully saturated rings. The molecule has 4 aromatic carbocycles. The smallest absolute Gasteiger partial charge is 0.0414 e. The van der Waals surface area contributed by atoms with Gasteiger partial charge in [0.1, 0.15) is 0 Å². The highest BCUT2D eigenvalue weighted by Crippen LogP contribution is 2.35. The summed E-state index contributed by atoms with van der Waals surface area (Å²) in [5.74, 6) is 0.505. The molecule has 0 spiro atoms. The lowest BCUT2D eigenvalue weighted by Gasteiger charge is -2.15. The van der Waals surface area contributed by atoms with Crippen LogP contribution < -0.4 is 5.32 Å². The Balaban J connectivity index is 1.68. The topological polar surface area (TPSA) is 12.0 Å². The third kappa shape index (κ3) is 4.31. The van der Waals surface area contributed by atoms with Gasteiger partial charge < -0.3 is 5.32 Å². The largest absolute Gasteiger partial charge is 0.355 e. The normalized spacial score (nSPS) is 11.0. The van der Waals surface area contributed by atoms with E-state index in [4.69, 9.17) is 0 Å². The molecule has 0 amide bonds. The van der Waals surface area contributed by atoms with Gasteiger partial charge >= 0.3 is 0 Å². The molecule has 0 bridgehead atoms. The molecule has 0 aromatic heterocycles. The van der Waals surface area contributed by atoms with Crippen molar-refractivity contribution in [2.45, 2.75) is 33.6 Å². The maximum Gasteiger partial charge on any atom is 0.0414 e. The Kier molecular flexibility index (Phi) is 5.72. The Labute approximate surface area is 180 Å².